The number of anilines is 1. The van der Waals surface area contributed by atoms with Crippen molar-refractivity contribution in [2.45, 2.75) is 51.9 Å². The standard InChI is InChI=1S/C25H34N4O3/c1-20-7-5-15-28(19-20)25(32)21-12-17-27(18-13-21)23(30)10-11-24(31)29(16-6-14-26)22-8-3-2-4-9-22/h2-4,8-9,20-21H,5-7,10-13,15-19H2,1H3. The summed E-state index contributed by atoms with van der Waals surface area (Å²) < 4.78 is 0. The van der Waals surface area contributed by atoms with Crippen LogP contribution < -0.4 is 4.90 Å². The van der Waals surface area contributed by atoms with E-state index in [0.717, 1.165) is 25.2 Å². The van der Waals surface area contributed by atoms with Gasteiger partial charge in [0.15, 0.2) is 0 Å². The molecule has 2 aliphatic rings. The van der Waals surface area contributed by atoms with Crippen LogP contribution in [-0.4, -0.2) is 60.2 Å². The summed E-state index contributed by atoms with van der Waals surface area (Å²) in [5.74, 6) is 0.629. The number of benzene rings is 1. The number of carbonyl (C=O) groups is 3. The second-order valence-electron chi connectivity index (χ2n) is 8.98. The molecule has 1 aromatic carbocycles. The predicted octanol–water partition coefficient (Wildman–Crippen LogP) is 3.21. The smallest absolute Gasteiger partial charge is 0.227 e. The second-order valence-corrected chi connectivity index (χ2v) is 8.98. The Balaban J connectivity index is 1.46. The van der Waals surface area contributed by atoms with E-state index in [1.165, 1.54) is 6.42 Å². The van der Waals surface area contributed by atoms with Gasteiger partial charge in [0.25, 0.3) is 0 Å². The van der Waals surface area contributed by atoms with Crippen molar-refractivity contribution in [1.29, 1.82) is 5.26 Å². The van der Waals surface area contributed by atoms with Gasteiger partial charge in [-0.15, -0.1) is 0 Å². The molecule has 0 saturated carbocycles. The number of likely N-dealkylation sites (tertiary alicyclic amines) is 2. The molecule has 1 aromatic rings. The fourth-order valence-electron chi connectivity index (χ4n) is 4.70. The topological polar surface area (TPSA) is 84.7 Å². The zero-order chi connectivity index (χ0) is 22.9. The van der Waals surface area contributed by atoms with Gasteiger partial charge in [0.2, 0.25) is 17.7 Å². The highest BCUT2D eigenvalue weighted by molar-refractivity contribution is 5.95. The lowest BCUT2D eigenvalue weighted by atomic mass is 9.92. The summed E-state index contributed by atoms with van der Waals surface area (Å²) in [5.41, 5.74) is 0.742. The van der Waals surface area contributed by atoms with Crippen LogP contribution in [0.2, 0.25) is 0 Å². The van der Waals surface area contributed by atoms with Crippen LogP contribution in [0.1, 0.15) is 51.9 Å². The summed E-state index contributed by atoms with van der Waals surface area (Å²) in [6, 6.07) is 11.3. The molecule has 172 valence electrons. The first-order valence-electron chi connectivity index (χ1n) is 11.8. The van der Waals surface area contributed by atoms with Gasteiger partial charge in [-0.05, 0) is 43.7 Å². The van der Waals surface area contributed by atoms with Gasteiger partial charge < -0.3 is 14.7 Å². The fraction of sp³-hybridized carbons (Fsp3) is 0.600. The molecule has 2 heterocycles. The molecule has 2 aliphatic heterocycles. The van der Waals surface area contributed by atoms with Gasteiger partial charge in [0, 0.05) is 57.2 Å². The van der Waals surface area contributed by atoms with Gasteiger partial charge >= 0.3 is 0 Å². The van der Waals surface area contributed by atoms with E-state index in [9.17, 15) is 14.4 Å². The molecule has 1 atom stereocenters. The Morgan fingerprint density at radius 1 is 1.03 bits per heavy atom. The Morgan fingerprint density at radius 3 is 2.41 bits per heavy atom. The molecule has 3 amide bonds. The number of nitriles is 1. The molecule has 3 rings (SSSR count). The van der Waals surface area contributed by atoms with Gasteiger partial charge in [0.05, 0.1) is 12.5 Å². The van der Waals surface area contributed by atoms with Crippen LogP contribution in [0.3, 0.4) is 0 Å². The minimum absolute atomic E-state index is 0.00513. The van der Waals surface area contributed by atoms with Crippen molar-refractivity contribution in [1.82, 2.24) is 9.80 Å². The van der Waals surface area contributed by atoms with Crippen molar-refractivity contribution in [3.63, 3.8) is 0 Å². The van der Waals surface area contributed by atoms with Crippen LogP contribution >= 0.6 is 0 Å². The average molecular weight is 439 g/mol. The van der Waals surface area contributed by atoms with Crippen LogP contribution in [0.25, 0.3) is 0 Å². The quantitative estimate of drug-likeness (QED) is 0.654. The van der Waals surface area contributed by atoms with E-state index in [4.69, 9.17) is 5.26 Å². The number of piperidine rings is 2. The van der Waals surface area contributed by atoms with Gasteiger partial charge in [-0.1, -0.05) is 25.1 Å². The first-order chi connectivity index (χ1) is 15.5. The van der Waals surface area contributed by atoms with Crippen molar-refractivity contribution in [3.05, 3.63) is 30.3 Å². The Labute approximate surface area is 191 Å². The van der Waals surface area contributed by atoms with Gasteiger partial charge in [-0.3, -0.25) is 14.4 Å². The van der Waals surface area contributed by atoms with E-state index in [2.05, 4.69) is 13.0 Å². The minimum atomic E-state index is -0.149. The monoisotopic (exact) mass is 438 g/mol. The summed E-state index contributed by atoms with van der Waals surface area (Å²) in [4.78, 5) is 43.7. The summed E-state index contributed by atoms with van der Waals surface area (Å²) in [6.07, 6.45) is 4.16. The molecule has 0 radical (unpaired) electrons. The van der Waals surface area contributed by atoms with E-state index in [1.54, 1.807) is 9.80 Å². The Bertz CT molecular complexity index is 827. The molecule has 0 N–H and O–H groups in total. The van der Waals surface area contributed by atoms with E-state index in [1.807, 2.05) is 35.2 Å². The number of hydrogen-bond acceptors (Lipinski definition) is 4. The van der Waals surface area contributed by atoms with Gasteiger partial charge in [-0.2, -0.15) is 5.26 Å². The number of nitrogens with zero attached hydrogens (tertiary/aromatic N) is 4. The van der Waals surface area contributed by atoms with Crippen LogP contribution in [-0.2, 0) is 14.4 Å². The molecular weight excluding hydrogens is 404 g/mol. The third-order valence-electron chi connectivity index (χ3n) is 6.53. The molecule has 0 aromatic heterocycles. The second kappa shape index (κ2) is 11.7. The fourth-order valence-corrected chi connectivity index (χ4v) is 4.70. The normalized spacial score (nSPS) is 19.3. The van der Waals surface area contributed by atoms with Gasteiger partial charge in [-0.25, -0.2) is 0 Å². The van der Waals surface area contributed by atoms with Crippen molar-refractivity contribution < 1.29 is 14.4 Å². The lowest BCUT2D eigenvalue weighted by Gasteiger charge is -2.37. The third kappa shape index (κ3) is 6.32. The van der Waals surface area contributed by atoms with E-state index in [0.29, 0.717) is 38.4 Å². The maximum absolute atomic E-state index is 12.8. The highest BCUT2D eigenvalue weighted by atomic mass is 16.2. The molecule has 2 saturated heterocycles. The summed E-state index contributed by atoms with van der Waals surface area (Å²) in [5, 5.41) is 8.91. The molecule has 7 heteroatoms. The largest absolute Gasteiger partial charge is 0.343 e. The maximum atomic E-state index is 12.8. The highest BCUT2D eigenvalue weighted by Gasteiger charge is 2.32. The Hall–Kier alpha value is -2.88. The first kappa shape index (κ1) is 23.8. The first-order valence-corrected chi connectivity index (χ1v) is 11.8. The van der Waals surface area contributed by atoms with Crippen LogP contribution in [0, 0.1) is 23.2 Å². The zero-order valence-electron chi connectivity index (χ0n) is 19.0. The van der Waals surface area contributed by atoms with Crippen molar-refractivity contribution >= 4 is 23.4 Å². The van der Waals surface area contributed by atoms with Gasteiger partial charge in [0.1, 0.15) is 0 Å². The third-order valence-corrected chi connectivity index (χ3v) is 6.53. The molecule has 32 heavy (non-hydrogen) atoms. The maximum Gasteiger partial charge on any atom is 0.227 e. The molecule has 0 bridgehead atoms. The Morgan fingerprint density at radius 2 is 1.75 bits per heavy atom. The summed E-state index contributed by atoms with van der Waals surface area (Å²) >= 11 is 0. The van der Waals surface area contributed by atoms with Crippen molar-refractivity contribution in [2.75, 3.05) is 37.6 Å². The van der Waals surface area contributed by atoms with E-state index >= 15 is 0 Å². The predicted molar refractivity (Wildman–Crippen MR) is 123 cm³/mol. The molecule has 0 aliphatic carbocycles. The summed E-state index contributed by atoms with van der Waals surface area (Å²) in [7, 11) is 0. The van der Waals surface area contributed by atoms with Crippen molar-refractivity contribution in [3.8, 4) is 6.07 Å². The highest BCUT2D eigenvalue weighted by Crippen LogP contribution is 2.24. The summed E-state index contributed by atoms with van der Waals surface area (Å²) in [6.45, 7) is 5.36. The van der Waals surface area contributed by atoms with Crippen molar-refractivity contribution in [2.24, 2.45) is 11.8 Å². The number of para-hydroxylation sites is 1. The minimum Gasteiger partial charge on any atom is -0.343 e. The van der Waals surface area contributed by atoms with Crippen LogP contribution in [0.5, 0.6) is 0 Å². The molecule has 7 nitrogen and oxygen atoms in total. The number of carbonyl (C=O) groups excluding carboxylic acids is 3. The molecule has 0 spiro atoms. The average Bonchev–Trinajstić information content (AvgIpc) is 2.83. The zero-order valence-corrected chi connectivity index (χ0v) is 19.0. The number of hydrogen-bond donors (Lipinski definition) is 0. The van der Waals surface area contributed by atoms with E-state index in [-0.39, 0.29) is 42.9 Å². The molecular formula is C25H34N4O3. The number of rotatable bonds is 7. The van der Waals surface area contributed by atoms with Crippen LogP contribution in [0.15, 0.2) is 30.3 Å². The number of amides is 3. The lowest BCUT2D eigenvalue weighted by molar-refractivity contribution is -0.142. The van der Waals surface area contributed by atoms with E-state index < -0.39 is 0 Å². The molecule has 1 unspecified atom stereocenters. The van der Waals surface area contributed by atoms with Crippen LogP contribution in [0.4, 0.5) is 5.69 Å². The Kier molecular flexibility index (Phi) is 8.66. The SMILES string of the molecule is CC1CCCN(C(=O)C2CCN(C(=O)CCC(=O)N(CCC#N)c3ccccc3)CC2)C1. The lowest BCUT2D eigenvalue weighted by Crippen LogP contribution is -2.47. The molecule has 2 fully saturated rings.